The molecule has 108 valence electrons. The normalized spacial score (nSPS) is 24.3. The smallest absolute Gasteiger partial charge is 0.220 e. The molecule has 1 heterocycles. The van der Waals surface area contributed by atoms with Crippen LogP contribution in [-0.4, -0.2) is 37.0 Å². The minimum absolute atomic E-state index is 0.229. The zero-order valence-electron chi connectivity index (χ0n) is 12.1. The van der Waals surface area contributed by atoms with Crippen LogP contribution in [-0.2, 0) is 4.79 Å². The quantitative estimate of drug-likeness (QED) is 0.591. The second-order valence-electron chi connectivity index (χ2n) is 5.93. The number of rotatable bonds is 6. The van der Waals surface area contributed by atoms with Crippen LogP contribution in [0.2, 0.25) is 0 Å². The Balaban J connectivity index is 1.50. The molecule has 0 bridgehead atoms. The van der Waals surface area contributed by atoms with E-state index in [1.165, 1.54) is 38.8 Å². The molecule has 1 N–H and O–H groups in total. The molecule has 1 fully saturated rings. The van der Waals surface area contributed by atoms with Gasteiger partial charge in [-0.1, -0.05) is 25.0 Å². The number of carbonyl (C=O) groups is 1. The number of hydrogen-bond acceptors (Lipinski definition) is 2. The molecule has 0 aromatic rings. The van der Waals surface area contributed by atoms with Crippen molar-refractivity contribution in [3.8, 4) is 0 Å². The summed E-state index contributed by atoms with van der Waals surface area (Å²) in [5, 5.41) is 3.07. The van der Waals surface area contributed by atoms with Crippen LogP contribution in [0, 0.1) is 5.92 Å². The van der Waals surface area contributed by atoms with Gasteiger partial charge >= 0.3 is 0 Å². The van der Waals surface area contributed by atoms with Gasteiger partial charge in [0.1, 0.15) is 0 Å². The molecule has 3 nitrogen and oxygen atoms in total. The molecule has 1 aliphatic heterocycles. The Morgan fingerprint density at radius 3 is 2.68 bits per heavy atom. The molecule has 1 unspecified atom stereocenters. The Morgan fingerprint density at radius 1 is 1.21 bits per heavy atom. The Labute approximate surface area is 117 Å². The highest BCUT2D eigenvalue weighted by Crippen LogP contribution is 2.19. The molecule has 1 saturated heterocycles. The number of amides is 1. The van der Waals surface area contributed by atoms with E-state index in [1.807, 2.05) is 0 Å². The van der Waals surface area contributed by atoms with Gasteiger partial charge in [-0.05, 0) is 57.7 Å². The van der Waals surface area contributed by atoms with Crippen molar-refractivity contribution in [3.05, 3.63) is 12.2 Å². The lowest BCUT2D eigenvalue weighted by atomic mass is 10.1. The van der Waals surface area contributed by atoms with Crippen molar-refractivity contribution < 1.29 is 4.79 Å². The number of nitrogens with zero attached hydrogens (tertiary/aromatic N) is 1. The Morgan fingerprint density at radius 2 is 2.00 bits per heavy atom. The van der Waals surface area contributed by atoms with Gasteiger partial charge in [0.05, 0.1) is 0 Å². The third-order valence-electron chi connectivity index (χ3n) is 4.23. The van der Waals surface area contributed by atoms with Crippen molar-refractivity contribution in [2.75, 3.05) is 26.2 Å². The second-order valence-corrected chi connectivity index (χ2v) is 5.93. The van der Waals surface area contributed by atoms with Crippen molar-refractivity contribution in [1.82, 2.24) is 10.2 Å². The van der Waals surface area contributed by atoms with Crippen LogP contribution in [0.1, 0.15) is 51.4 Å². The zero-order valence-corrected chi connectivity index (χ0v) is 12.1. The highest BCUT2D eigenvalue weighted by Gasteiger charge is 2.13. The van der Waals surface area contributed by atoms with Crippen LogP contribution in [0.15, 0.2) is 12.2 Å². The summed E-state index contributed by atoms with van der Waals surface area (Å²) < 4.78 is 0. The van der Waals surface area contributed by atoms with Crippen molar-refractivity contribution in [2.45, 2.75) is 51.4 Å². The number of likely N-dealkylation sites (tertiary alicyclic amines) is 1. The van der Waals surface area contributed by atoms with Gasteiger partial charge in [-0.3, -0.25) is 4.79 Å². The van der Waals surface area contributed by atoms with Gasteiger partial charge < -0.3 is 10.2 Å². The van der Waals surface area contributed by atoms with Gasteiger partial charge in [-0.15, -0.1) is 0 Å². The molecular formula is C16H28N2O. The molecule has 1 amide bonds. The van der Waals surface area contributed by atoms with E-state index in [9.17, 15) is 4.79 Å². The van der Waals surface area contributed by atoms with Crippen LogP contribution < -0.4 is 5.32 Å². The lowest BCUT2D eigenvalue weighted by molar-refractivity contribution is -0.121. The lowest BCUT2D eigenvalue weighted by Crippen LogP contribution is -2.31. The third kappa shape index (κ3) is 5.77. The zero-order chi connectivity index (χ0) is 13.3. The SMILES string of the molecule is O=C(CC1C=CCC1)NCCCN1CCCCCC1. The molecule has 19 heavy (non-hydrogen) atoms. The lowest BCUT2D eigenvalue weighted by Gasteiger charge is -2.19. The Bertz CT molecular complexity index is 293. The monoisotopic (exact) mass is 264 g/mol. The molecule has 0 aromatic heterocycles. The first-order valence-corrected chi connectivity index (χ1v) is 8.00. The summed E-state index contributed by atoms with van der Waals surface area (Å²) in [6.45, 7) is 4.48. The average molecular weight is 264 g/mol. The fraction of sp³-hybridized carbons (Fsp3) is 0.812. The van der Waals surface area contributed by atoms with Gasteiger partial charge in [0, 0.05) is 13.0 Å². The van der Waals surface area contributed by atoms with Crippen molar-refractivity contribution in [2.24, 2.45) is 5.92 Å². The minimum Gasteiger partial charge on any atom is -0.356 e. The average Bonchev–Trinajstić information content (AvgIpc) is 2.76. The predicted molar refractivity (Wildman–Crippen MR) is 79.0 cm³/mol. The highest BCUT2D eigenvalue weighted by molar-refractivity contribution is 5.76. The molecule has 3 heteroatoms. The fourth-order valence-corrected chi connectivity index (χ4v) is 3.07. The van der Waals surface area contributed by atoms with Gasteiger partial charge in [0.25, 0.3) is 0 Å². The van der Waals surface area contributed by atoms with E-state index < -0.39 is 0 Å². The first-order chi connectivity index (χ1) is 9.34. The first kappa shape index (κ1) is 14.6. The van der Waals surface area contributed by atoms with E-state index in [0.717, 1.165) is 32.4 Å². The maximum Gasteiger partial charge on any atom is 0.220 e. The molecule has 0 aromatic carbocycles. The summed E-state index contributed by atoms with van der Waals surface area (Å²) in [7, 11) is 0. The van der Waals surface area contributed by atoms with E-state index >= 15 is 0 Å². The van der Waals surface area contributed by atoms with E-state index in [2.05, 4.69) is 22.4 Å². The third-order valence-corrected chi connectivity index (χ3v) is 4.23. The number of carbonyl (C=O) groups excluding carboxylic acids is 1. The van der Waals surface area contributed by atoms with Gasteiger partial charge in [0.2, 0.25) is 5.91 Å². The molecule has 0 radical (unpaired) electrons. The van der Waals surface area contributed by atoms with Crippen LogP contribution >= 0.6 is 0 Å². The summed E-state index contributed by atoms with van der Waals surface area (Å²) in [4.78, 5) is 14.3. The van der Waals surface area contributed by atoms with Gasteiger partial charge in [-0.25, -0.2) is 0 Å². The van der Waals surface area contributed by atoms with Crippen LogP contribution in [0.3, 0.4) is 0 Å². The summed E-state index contributed by atoms with van der Waals surface area (Å²) in [6.07, 6.45) is 13.9. The molecule has 1 atom stereocenters. The van der Waals surface area contributed by atoms with Crippen LogP contribution in [0.4, 0.5) is 0 Å². The summed E-state index contributed by atoms with van der Waals surface area (Å²) >= 11 is 0. The molecule has 2 rings (SSSR count). The Kier molecular flexibility index (Phi) is 6.42. The molecular weight excluding hydrogens is 236 g/mol. The highest BCUT2D eigenvalue weighted by atomic mass is 16.1. The van der Waals surface area contributed by atoms with Crippen LogP contribution in [0.25, 0.3) is 0 Å². The summed E-state index contributed by atoms with van der Waals surface area (Å²) in [5.74, 6) is 0.720. The number of allylic oxidation sites excluding steroid dienone is 2. The van der Waals surface area contributed by atoms with Gasteiger partial charge in [-0.2, -0.15) is 0 Å². The second kappa shape index (κ2) is 8.36. The van der Waals surface area contributed by atoms with Crippen LogP contribution in [0.5, 0.6) is 0 Å². The molecule has 1 aliphatic carbocycles. The van der Waals surface area contributed by atoms with Crippen molar-refractivity contribution >= 4 is 5.91 Å². The van der Waals surface area contributed by atoms with E-state index in [4.69, 9.17) is 0 Å². The number of nitrogens with one attached hydrogen (secondary N) is 1. The summed E-state index contributed by atoms with van der Waals surface area (Å²) in [6, 6.07) is 0. The standard InChI is InChI=1S/C16H28N2O/c19-16(14-15-8-3-4-9-15)17-10-7-13-18-11-5-1-2-6-12-18/h3,8,15H,1-2,4-7,9-14H2,(H,17,19). The van der Waals surface area contributed by atoms with Gasteiger partial charge in [0.15, 0.2) is 0 Å². The maximum atomic E-state index is 11.7. The van der Waals surface area contributed by atoms with Crippen molar-refractivity contribution in [3.63, 3.8) is 0 Å². The minimum atomic E-state index is 0.229. The fourth-order valence-electron chi connectivity index (χ4n) is 3.07. The molecule has 0 spiro atoms. The molecule has 2 aliphatic rings. The van der Waals surface area contributed by atoms with E-state index in [0.29, 0.717) is 12.3 Å². The van der Waals surface area contributed by atoms with E-state index in [1.54, 1.807) is 0 Å². The number of hydrogen-bond donors (Lipinski definition) is 1. The van der Waals surface area contributed by atoms with Crippen molar-refractivity contribution in [1.29, 1.82) is 0 Å². The topological polar surface area (TPSA) is 32.3 Å². The largest absolute Gasteiger partial charge is 0.356 e. The molecule has 0 saturated carbocycles. The Hall–Kier alpha value is -0.830. The predicted octanol–water partition coefficient (Wildman–Crippen LogP) is 2.73. The summed E-state index contributed by atoms with van der Waals surface area (Å²) in [5.41, 5.74) is 0. The first-order valence-electron chi connectivity index (χ1n) is 8.00. The van der Waals surface area contributed by atoms with E-state index in [-0.39, 0.29) is 5.91 Å². The maximum absolute atomic E-state index is 11.7.